The van der Waals surface area contributed by atoms with Crippen molar-refractivity contribution in [2.45, 2.75) is 12.7 Å². The standard InChI is InChI=1S/C12H9F3N6S/c13-12(14,15)10-18-19-11(22-10)16-6-8-7-17-21(20-8)9-4-2-1-3-5-9/h1-5,7H,6H2,(H,16,19). The van der Waals surface area contributed by atoms with Gasteiger partial charge in [-0.25, -0.2) is 0 Å². The van der Waals surface area contributed by atoms with Crippen LogP contribution in [0.1, 0.15) is 10.7 Å². The Balaban J connectivity index is 1.65. The molecule has 6 nitrogen and oxygen atoms in total. The fourth-order valence-corrected chi connectivity index (χ4v) is 2.24. The minimum absolute atomic E-state index is 0.0848. The van der Waals surface area contributed by atoms with E-state index in [1.54, 1.807) is 0 Å². The molecule has 0 bridgehead atoms. The van der Waals surface area contributed by atoms with Crippen molar-refractivity contribution in [3.05, 3.63) is 47.2 Å². The second-order valence-corrected chi connectivity index (χ2v) is 5.20. The van der Waals surface area contributed by atoms with Gasteiger partial charge in [0.2, 0.25) is 10.1 Å². The molecular weight excluding hydrogens is 317 g/mol. The van der Waals surface area contributed by atoms with Crippen LogP contribution in [0.3, 0.4) is 0 Å². The van der Waals surface area contributed by atoms with Gasteiger partial charge >= 0.3 is 6.18 Å². The predicted molar refractivity (Wildman–Crippen MR) is 73.6 cm³/mol. The number of anilines is 1. The highest BCUT2D eigenvalue weighted by Gasteiger charge is 2.35. The van der Waals surface area contributed by atoms with Crippen LogP contribution in [-0.2, 0) is 12.7 Å². The Morgan fingerprint density at radius 1 is 1.14 bits per heavy atom. The molecule has 10 heteroatoms. The molecule has 0 saturated carbocycles. The molecule has 0 atom stereocenters. The normalized spacial score (nSPS) is 11.6. The van der Waals surface area contributed by atoms with E-state index >= 15 is 0 Å². The molecule has 2 aromatic heterocycles. The molecule has 22 heavy (non-hydrogen) atoms. The Kier molecular flexibility index (Phi) is 3.75. The van der Waals surface area contributed by atoms with Crippen LogP contribution in [0.25, 0.3) is 5.69 Å². The van der Waals surface area contributed by atoms with Crippen LogP contribution < -0.4 is 5.32 Å². The number of alkyl halides is 3. The highest BCUT2D eigenvalue weighted by molar-refractivity contribution is 7.15. The lowest BCUT2D eigenvalue weighted by Gasteiger charge is -1.99. The van der Waals surface area contributed by atoms with Gasteiger partial charge in [0.15, 0.2) is 0 Å². The van der Waals surface area contributed by atoms with E-state index in [0.29, 0.717) is 17.0 Å². The van der Waals surface area contributed by atoms with Gasteiger partial charge in [0, 0.05) is 0 Å². The van der Waals surface area contributed by atoms with E-state index < -0.39 is 11.2 Å². The van der Waals surface area contributed by atoms with Crippen LogP contribution in [-0.4, -0.2) is 25.2 Å². The molecule has 1 aromatic carbocycles. The third kappa shape index (κ3) is 3.22. The maximum absolute atomic E-state index is 12.4. The highest BCUT2D eigenvalue weighted by Crippen LogP contribution is 2.33. The second-order valence-electron chi connectivity index (χ2n) is 4.22. The quantitative estimate of drug-likeness (QED) is 0.798. The minimum atomic E-state index is -4.48. The molecule has 2 heterocycles. The number of hydrogen-bond acceptors (Lipinski definition) is 6. The zero-order chi connectivity index (χ0) is 15.6. The number of aromatic nitrogens is 5. The average molecular weight is 326 g/mol. The molecule has 114 valence electrons. The summed E-state index contributed by atoms with van der Waals surface area (Å²) in [5.41, 5.74) is 1.37. The van der Waals surface area contributed by atoms with E-state index in [1.807, 2.05) is 30.3 Å². The van der Waals surface area contributed by atoms with Crippen molar-refractivity contribution in [3.8, 4) is 5.69 Å². The van der Waals surface area contributed by atoms with Gasteiger partial charge in [0.25, 0.3) is 0 Å². The van der Waals surface area contributed by atoms with Gasteiger partial charge in [0.05, 0.1) is 18.4 Å². The summed E-state index contributed by atoms with van der Waals surface area (Å²) in [5, 5.41) is 16.7. The lowest BCUT2D eigenvalue weighted by molar-refractivity contribution is -0.138. The SMILES string of the molecule is FC(F)(F)c1nnc(NCc2cnn(-c3ccccc3)n2)s1. The van der Waals surface area contributed by atoms with Crippen LogP contribution in [0, 0.1) is 0 Å². The van der Waals surface area contributed by atoms with Crippen LogP contribution in [0.15, 0.2) is 36.5 Å². The predicted octanol–water partition coefficient (Wildman–Crippen LogP) is 2.75. The lowest BCUT2D eigenvalue weighted by atomic mass is 10.3. The molecular formula is C12H9F3N6S. The van der Waals surface area contributed by atoms with E-state index in [-0.39, 0.29) is 11.7 Å². The summed E-state index contributed by atoms with van der Waals surface area (Å²) in [5.74, 6) is 0. The number of para-hydroxylation sites is 1. The number of nitrogens with one attached hydrogen (secondary N) is 1. The molecule has 3 rings (SSSR count). The summed E-state index contributed by atoms with van der Waals surface area (Å²) in [4.78, 5) is 1.44. The van der Waals surface area contributed by atoms with Crippen molar-refractivity contribution in [1.82, 2.24) is 25.2 Å². The second kappa shape index (κ2) is 5.72. The summed E-state index contributed by atoms with van der Waals surface area (Å²) in [6.45, 7) is 0.208. The minimum Gasteiger partial charge on any atom is -0.354 e. The third-order valence-corrected chi connectivity index (χ3v) is 3.54. The lowest BCUT2D eigenvalue weighted by Crippen LogP contribution is -2.03. The van der Waals surface area contributed by atoms with Gasteiger partial charge in [-0.15, -0.1) is 10.2 Å². The topological polar surface area (TPSA) is 68.5 Å². The average Bonchev–Trinajstić information content (AvgIpc) is 3.15. The Morgan fingerprint density at radius 2 is 1.91 bits per heavy atom. The largest absolute Gasteiger partial charge is 0.445 e. The maximum atomic E-state index is 12.4. The van der Waals surface area contributed by atoms with E-state index in [9.17, 15) is 13.2 Å². The van der Waals surface area contributed by atoms with Crippen molar-refractivity contribution in [2.24, 2.45) is 0 Å². The molecule has 0 amide bonds. The first-order valence-electron chi connectivity index (χ1n) is 6.13. The first-order chi connectivity index (χ1) is 10.5. The fourth-order valence-electron chi connectivity index (χ4n) is 1.64. The zero-order valence-corrected chi connectivity index (χ0v) is 11.8. The number of halogens is 3. The summed E-state index contributed by atoms with van der Waals surface area (Å²) in [6.07, 6.45) is -2.94. The van der Waals surface area contributed by atoms with Crippen molar-refractivity contribution in [3.63, 3.8) is 0 Å². The highest BCUT2D eigenvalue weighted by atomic mass is 32.1. The van der Waals surface area contributed by atoms with Crippen molar-refractivity contribution in [2.75, 3.05) is 5.32 Å². The Morgan fingerprint density at radius 3 is 2.59 bits per heavy atom. The molecule has 0 spiro atoms. The van der Waals surface area contributed by atoms with Gasteiger partial charge in [-0.3, -0.25) is 0 Å². The van der Waals surface area contributed by atoms with Crippen molar-refractivity contribution in [1.29, 1.82) is 0 Å². The molecule has 0 saturated heterocycles. The van der Waals surface area contributed by atoms with Crippen LogP contribution >= 0.6 is 11.3 Å². The molecule has 0 aliphatic heterocycles. The molecule has 3 aromatic rings. The molecule has 1 N–H and O–H groups in total. The Labute approximate surface area is 126 Å². The van der Waals surface area contributed by atoms with Crippen LogP contribution in [0.2, 0.25) is 0 Å². The van der Waals surface area contributed by atoms with E-state index in [4.69, 9.17) is 0 Å². The summed E-state index contributed by atoms with van der Waals surface area (Å²) >= 11 is 0.449. The van der Waals surface area contributed by atoms with Gasteiger partial charge in [0.1, 0.15) is 5.69 Å². The smallest absolute Gasteiger partial charge is 0.354 e. The molecule has 0 radical (unpaired) electrons. The van der Waals surface area contributed by atoms with E-state index in [0.717, 1.165) is 5.69 Å². The summed E-state index contributed by atoms with van der Waals surface area (Å²) < 4.78 is 37.2. The zero-order valence-electron chi connectivity index (χ0n) is 10.9. The third-order valence-electron chi connectivity index (χ3n) is 2.61. The van der Waals surface area contributed by atoms with Crippen molar-refractivity contribution >= 4 is 16.5 Å². The van der Waals surface area contributed by atoms with Gasteiger partial charge in [-0.2, -0.15) is 28.2 Å². The molecule has 0 unspecified atom stereocenters. The number of hydrogen-bond donors (Lipinski definition) is 1. The number of nitrogens with zero attached hydrogens (tertiary/aromatic N) is 5. The van der Waals surface area contributed by atoms with E-state index in [2.05, 4.69) is 25.7 Å². The first kappa shape index (κ1) is 14.4. The van der Waals surface area contributed by atoms with Crippen LogP contribution in [0.4, 0.5) is 18.3 Å². The first-order valence-corrected chi connectivity index (χ1v) is 6.95. The fraction of sp³-hybridized carbons (Fsp3) is 0.167. The van der Waals surface area contributed by atoms with Crippen LogP contribution in [0.5, 0.6) is 0 Å². The molecule has 0 fully saturated rings. The monoisotopic (exact) mass is 326 g/mol. The van der Waals surface area contributed by atoms with Gasteiger partial charge < -0.3 is 5.32 Å². The Hall–Kier alpha value is -2.49. The number of rotatable bonds is 4. The summed E-state index contributed by atoms with van der Waals surface area (Å²) in [6, 6.07) is 9.28. The maximum Gasteiger partial charge on any atom is 0.445 e. The Bertz CT molecular complexity index is 752. The van der Waals surface area contributed by atoms with Gasteiger partial charge in [-0.1, -0.05) is 29.5 Å². The number of benzene rings is 1. The molecule has 0 aliphatic rings. The van der Waals surface area contributed by atoms with Crippen molar-refractivity contribution < 1.29 is 13.2 Å². The van der Waals surface area contributed by atoms with E-state index in [1.165, 1.54) is 11.0 Å². The van der Waals surface area contributed by atoms with Gasteiger partial charge in [-0.05, 0) is 12.1 Å². The summed E-state index contributed by atoms with van der Waals surface area (Å²) in [7, 11) is 0. The molecule has 0 aliphatic carbocycles.